The van der Waals surface area contributed by atoms with Crippen molar-refractivity contribution in [3.8, 4) is 0 Å². The largest absolute Gasteiger partial charge is 0.424 e. The third-order valence-electron chi connectivity index (χ3n) is 5.24. The monoisotopic (exact) mass is 370 g/mol. The summed E-state index contributed by atoms with van der Waals surface area (Å²) in [6.45, 7) is 11.5. The van der Waals surface area contributed by atoms with Gasteiger partial charge in [0.2, 0.25) is 17.7 Å². The van der Waals surface area contributed by atoms with Crippen molar-refractivity contribution >= 4 is 5.91 Å². The molecule has 0 radical (unpaired) electrons. The van der Waals surface area contributed by atoms with Crippen LogP contribution in [0.3, 0.4) is 0 Å². The van der Waals surface area contributed by atoms with Crippen LogP contribution in [0.15, 0.2) is 28.7 Å². The summed E-state index contributed by atoms with van der Waals surface area (Å²) >= 11 is 0. The number of piperazine rings is 1. The molecule has 6 nitrogen and oxygen atoms in total. The summed E-state index contributed by atoms with van der Waals surface area (Å²) < 4.78 is 5.83. The SMILES string of the molecule is Cc1ccccc1CC(=O)N1CCN(C(C)c2nnc(CC(C)C)o2)CC1. The van der Waals surface area contributed by atoms with Crippen molar-refractivity contribution in [2.24, 2.45) is 5.92 Å². The maximum absolute atomic E-state index is 12.6. The maximum atomic E-state index is 12.6. The van der Waals surface area contributed by atoms with E-state index in [-0.39, 0.29) is 11.9 Å². The normalized spacial score (nSPS) is 16.7. The summed E-state index contributed by atoms with van der Waals surface area (Å²) in [6.07, 6.45) is 1.28. The molecular weight excluding hydrogens is 340 g/mol. The van der Waals surface area contributed by atoms with E-state index in [1.807, 2.05) is 23.1 Å². The molecule has 1 aromatic heterocycles. The fourth-order valence-corrected chi connectivity index (χ4v) is 3.47. The van der Waals surface area contributed by atoms with E-state index in [1.54, 1.807) is 0 Å². The van der Waals surface area contributed by atoms with E-state index in [9.17, 15) is 4.79 Å². The zero-order valence-electron chi connectivity index (χ0n) is 16.8. The minimum atomic E-state index is 0.0760. The van der Waals surface area contributed by atoms with Gasteiger partial charge in [0.15, 0.2) is 0 Å². The lowest BCUT2D eigenvalue weighted by atomic mass is 10.1. The highest BCUT2D eigenvalue weighted by molar-refractivity contribution is 5.79. The lowest BCUT2D eigenvalue weighted by Gasteiger charge is -2.37. The Balaban J connectivity index is 1.53. The Morgan fingerprint density at radius 2 is 1.81 bits per heavy atom. The first-order chi connectivity index (χ1) is 12.9. The molecule has 1 aliphatic rings. The van der Waals surface area contributed by atoms with Crippen LogP contribution >= 0.6 is 0 Å². The molecule has 0 saturated carbocycles. The van der Waals surface area contributed by atoms with Crippen LogP contribution in [0.2, 0.25) is 0 Å². The standard InChI is InChI=1S/C21H30N4O2/c1-15(2)13-19-22-23-21(27-19)17(4)24-9-11-25(12-10-24)20(26)14-18-8-6-5-7-16(18)3/h5-8,15,17H,9-14H2,1-4H3. The van der Waals surface area contributed by atoms with E-state index in [0.717, 1.165) is 38.2 Å². The summed E-state index contributed by atoms with van der Waals surface area (Å²) in [5, 5.41) is 8.39. The molecule has 2 heterocycles. The summed E-state index contributed by atoms with van der Waals surface area (Å²) in [4.78, 5) is 16.9. The number of carbonyl (C=O) groups excluding carboxylic acids is 1. The van der Waals surface area contributed by atoms with Crippen LogP contribution in [0.5, 0.6) is 0 Å². The van der Waals surface area contributed by atoms with Gasteiger partial charge in [-0.25, -0.2) is 0 Å². The predicted octanol–water partition coefficient (Wildman–Crippen LogP) is 3.02. The Hall–Kier alpha value is -2.21. The molecule has 1 saturated heterocycles. The second-order valence-corrected chi connectivity index (χ2v) is 7.83. The van der Waals surface area contributed by atoms with Gasteiger partial charge in [0.05, 0.1) is 12.5 Å². The average Bonchev–Trinajstić information content (AvgIpc) is 3.11. The Labute approximate surface area is 161 Å². The van der Waals surface area contributed by atoms with Crippen molar-refractivity contribution in [2.45, 2.75) is 46.6 Å². The molecule has 0 aliphatic carbocycles. The molecule has 3 rings (SSSR count). The van der Waals surface area contributed by atoms with Gasteiger partial charge in [-0.05, 0) is 30.9 Å². The van der Waals surface area contributed by atoms with Crippen LogP contribution in [-0.2, 0) is 17.6 Å². The number of amides is 1. The number of hydrogen-bond acceptors (Lipinski definition) is 5. The second-order valence-electron chi connectivity index (χ2n) is 7.83. The van der Waals surface area contributed by atoms with Crippen molar-refractivity contribution in [1.29, 1.82) is 0 Å². The fourth-order valence-electron chi connectivity index (χ4n) is 3.47. The molecule has 1 atom stereocenters. The van der Waals surface area contributed by atoms with Crippen molar-refractivity contribution in [2.75, 3.05) is 26.2 Å². The molecule has 27 heavy (non-hydrogen) atoms. The molecule has 146 valence electrons. The molecular formula is C21H30N4O2. The molecule has 0 bridgehead atoms. The number of aromatic nitrogens is 2. The van der Waals surface area contributed by atoms with Gasteiger partial charge in [0.25, 0.3) is 0 Å². The Kier molecular flexibility index (Phi) is 6.26. The first kappa shape index (κ1) is 19.5. The van der Waals surface area contributed by atoms with Crippen LogP contribution in [-0.4, -0.2) is 52.1 Å². The third kappa shape index (κ3) is 4.95. The lowest BCUT2D eigenvalue weighted by molar-refractivity contribution is -0.132. The van der Waals surface area contributed by atoms with Crippen molar-refractivity contribution < 1.29 is 9.21 Å². The second kappa shape index (κ2) is 8.65. The zero-order chi connectivity index (χ0) is 19.4. The summed E-state index contributed by atoms with van der Waals surface area (Å²) in [5.41, 5.74) is 2.29. The maximum Gasteiger partial charge on any atom is 0.233 e. The number of aryl methyl sites for hydroxylation is 1. The Morgan fingerprint density at radius 3 is 2.48 bits per heavy atom. The number of benzene rings is 1. The molecule has 1 unspecified atom stereocenters. The van der Waals surface area contributed by atoms with E-state index in [0.29, 0.717) is 24.1 Å². The fraction of sp³-hybridized carbons (Fsp3) is 0.571. The van der Waals surface area contributed by atoms with Gasteiger partial charge >= 0.3 is 0 Å². The molecule has 0 N–H and O–H groups in total. The quantitative estimate of drug-likeness (QED) is 0.782. The van der Waals surface area contributed by atoms with Gasteiger partial charge in [-0.1, -0.05) is 38.1 Å². The first-order valence-electron chi connectivity index (χ1n) is 9.82. The first-order valence-corrected chi connectivity index (χ1v) is 9.82. The van der Waals surface area contributed by atoms with Crippen LogP contribution < -0.4 is 0 Å². The number of hydrogen-bond donors (Lipinski definition) is 0. The average molecular weight is 370 g/mol. The summed E-state index contributed by atoms with van der Waals surface area (Å²) in [5.74, 6) is 2.08. The third-order valence-corrected chi connectivity index (χ3v) is 5.24. The molecule has 1 amide bonds. The van der Waals surface area contributed by atoms with Gasteiger partial charge in [-0.2, -0.15) is 0 Å². The van der Waals surface area contributed by atoms with Crippen molar-refractivity contribution in [1.82, 2.24) is 20.0 Å². The minimum Gasteiger partial charge on any atom is -0.424 e. The van der Waals surface area contributed by atoms with Gasteiger partial charge in [-0.15, -0.1) is 10.2 Å². The van der Waals surface area contributed by atoms with Gasteiger partial charge in [0, 0.05) is 32.6 Å². The highest BCUT2D eigenvalue weighted by atomic mass is 16.4. The minimum absolute atomic E-state index is 0.0760. The molecule has 0 spiro atoms. The number of nitrogens with zero attached hydrogens (tertiary/aromatic N) is 4. The van der Waals surface area contributed by atoms with Crippen LogP contribution in [0.25, 0.3) is 0 Å². The van der Waals surface area contributed by atoms with E-state index < -0.39 is 0 Å². The number of carbonyl (C=O) groups is 1. The predicted molar refractivity (Wildman–Crippen MR) is 104 cm³/mol. The van der Waals surface area contributed by atoms with Crippen LogP contribution in [0, 0.1) is 12.8 Å². The van der Waals surface area contributed by atoms with E-state index in [4.69, 9.17) is 4.42 Å². The van der Waals surface area contributed by atoms with Gasteiger partial charge in [-0.3, -0.25) is 9.69 Å². The Bertz CT molecular complexity index is 763. The van der Waals surface area contributed by atoms with Gasteiger partial charge < -0.3 is 9.32 Å². The summed E-state index contributed by atoms with van der Waals surface area (Å²) in [6, 6.07) is 8.17. The molecule has 6 heteroatoms. The van der Waals surface area contributed by atoms with Crippen molar-refractivity contribution in [3.63, 3.8) is 0 Å². The van der Waals surface area contributed by atoms with E-state index in [1.165, 1.54) is 5.56 Å². The smallest absolute Gasteiger partial charge is 0.233 e. The van der Waals surface area contributed by atoms with E-state index >= 15 is 0 Å². The molecule has 2 aromatic rings. The zero-order valence-corrected chi connectivity index (χ0v) is 16.8. The molecule has 1 aliphatic heterocycles. The van der Waals surface area contributed by atoms with E-state index in [2.05, 4.69) is 48.9 Å². The summed E-state index contributed by atoms with van der Waals surface area (Å²) in [7, 11) is 0. The van der Waals surface area contributed by atoms with Crippen LogP contribution in [0.4, 0.5) is 0 Å². The lowest BCUT2D eigenvalue weighted by Crippen LogP contribution is -2.49. The van der Waals surface area contributed by atoms with Crippen LogP contribution in [0.1, 0.15) is 49.7 Å². The number of rotatable bonds is 6. The Morgan fingerprint density at radius 1 is 1.11 bits per heavy atom. The molecule has 1 fully saturated rings. The molecule has 1 aromatic carbocycles. The van der Waals surface area contributed by atoms with Gasteiger partial charge in [0.1, 0.15) is 0 Å². The van der Waals surface area contributed by atoms with Crippen molar-refractivity contribution in [3.05, 3.63) is 47.2 Å². The topological polar surface area (TPSA) is 62.5 Å². The highest BCUT2D eigenvalue weighted by Gasteiger charge is 2.27. The highest BCUT2D eigenvalue weighted by Crippen LogP contribution is 2.22.